The average molecular weight is 506 g/mol. The van der Waals surface area contributed by atoms with Crippen LogP contribution in [-0.4, -0.2) is 31.1 Å². The number of Topliss-reactive ketones (excluding diaryl/α,β-unsaturated/α-hetero) is 1. The van der Waals surface area contributed by atoms with Crippen LogP contribution in [0.25, 0.3) is 6.08 Å². The molecular weight excluding hydrogens is 482 g/mol. The van der Waals surface area contributed by atoms with Crippen molar-refractivity contribution in [2.45, 2.75) is 19.9 Å². The van der Waals surface area contributed by atoms with E-state index in [1.807, 2.05) is 49.4 Å². The predicted octanol–water partition coefficient (Wildman–Crippen LogP) is 5.78. The van der Waals surface area contributed by atoms with Crippen molar-refractivity contribution in [3.63, 3.8) is 0 Å². The lowest BCUT2D eigenvalue weighted by Gasteiger charge is -2.30. The standard InChI is InChI=1S/C27H24BrNO4/c1-17-26-20(15-29(16-32-26)12-11-18-5-9-22(31-2)10-6-18)14-23-25(30)24(33-27(17)23)13-19-3-7-21(28)8-4-19/h3-10,13-14H,11-12,15-16H2,1-2H3/b24-13-. The Kier molecular flexibility index (Phi) is 5.96. The van der Waals surface area contributed by atoms with Crippen LogP contribution in [0.1, 0.15) is 32.6 Å². The summed E-state index contributed by atoms with van der Waals surface area (Å²) < 4.78 is 18.3. The number of carbonyl (C=O) groups is 1. The molecule has 0 saturated carbocycles. The number of ketones is 1. The molecule has 0 saturated heterocycles. The molecule has 6 heteroatoms. The fourth-order valence-electron chi connectivity index (χ4n) is 4.23. The Bertz CT molecular complexity index is 1230. The first kappa shape index (κ1) is 21.7. The Morgan fingerprint density at radius 1 is 1.09 bits per heavy atom. The molecule has 168 valence electrons. The Morgan fingerprint density at radius 3 is 2.58 bits per heavy atom. The molecule has 3 aromatic rings. The number of carbonyl (C=O) groups excluding carboxylic acids is 1. The van der Waals surface area contributed by atoms with Crippen LogP contribution in [0, 0.1) is 6.92 Å². The maximum absolute atomic E-state index is 13.1. The van der Waals surface area contributed by atoms with Gasteiger partial charge in [0.05, 0.1) is 12.7 Å². The lowest BCUT2D eigenvalue weighted by atomic mass is 10.00. The quantitative estimate of drug-likeness (QED) is 0.411. The number of benzene rings is 3. The average Bonchev–Trinajstić information content (AvgIpc) is 3.15. The SMILES string of the molecule is COc1ccc(CCN2COc3c(cc4c(c3C)O/C(=C\c3ccc(Br)cc3)C4=O)C2)cc1. The zero-order valence-electron chi connectivity index (χ0n) is 18.6. The van der Waals surface area contributed by atoms with E-state index in [2.05, 4.69) is 33.0 Å². The molecule has 3 aromatic carbocycles. The van der Waals surface area contributed by atoms with Crippen LogP contribution in [0.4, 0.5) is 0 Å². The molecular formula is C27H24BrNO4. The van der Waals surface area contributed by atoms with Gasteiger partial charge in [-0.2, -0.15) is 0 Å². The minimum Gasteiger partial charge on any atom is -0.497 e. The van der Waals surface area contributed by atoms with E-state index < -0.39 is 0 Å². The number of rotatable bonds is 5. The monoisotopic (exact) mass is 505 g/mol. The highest BCUT2D eigenvalue weighted by Crippen LogP contribution is 2.43. The molecule has 0 aromatic heterocycles. The van der Waals surface area contributed by atoms with Crippen LogP contribution < -0.4 is 14.2 Å². The highest BCUT2D eigenvalue weighted by Gasteiger charge is 2.33. The lowest BCUT2D eigenvalue weighted by Crippen LogP contribution is -2.34. The summed E-state index contributed by atoms with van der Waals surface area (Å²) in [6.07, 6.45) is 2.70. The minimum absolute atomic E-state index is 0.0887. The minimum atomic E-state index is -0.0887. The first-order chi connectivity index (χ1) is 16.0. The molecule has 2 aliphatic rings. The highest BCUT2D eigenvalue weighted by molar-refractivity contribution is 9.10. The molecule has 5 rings (SSSR count). The van der Waals surface area contributed by atoms with Gasteiger partial charge in [0.1, 0.15) is 24.0 Å². The van der Waals surface area contributed by atoms with E-state index in [-0.39, 0.29) is 5.78 Å². The van der Waals surface area contributed by atoms with Gasteiger partial charge in [-0.25, -0.2) is 0 Å². The summed E-state index contributed by atoms with van der Waals surface area (Å²) in [4.78, 5) is 15.3. The summed E-state index contributed by atoms with van der Waals surface area (Å²) in [6, 6.07) is 17.8. The summed E-state index contributed by atoms with van der Waals surface area (Å²) in [6.45, 7) is 4.07. The van der Waals surface area contributed by atoms with Crippen molar-refractivity contribution < 1.29 is 19.0 Å². The number of ether oxygens (including phenoxy) is 3. The van der Waals surface area contributed by atoms with Crippen LogP contribution in [0.5, 0.6) is 17.2 Å². The maximum Gasteiger partial charge on any atom is 0.231 e. The summed E-state index contributed by atoms with van der Waals surface area (Å²) in [5.41, 5.74) is 4.67. The second kappa shape index (κ2) is 9.04. The predicted molar refractivity (Wildman–Crippen MR) is 131 cm³/mol. The van der Waals surface area contributed by atoms with Gasteiger partial charge in [-0.1, -0.05) is 40.2 Å². The molecule has 0 aliphatic carbocycles. The van der Waals surface area contributed by atoms with Gasteiger partial charge >= 0.3 is 0 Å². The van der Waals surface area contributed by atoms with Crippen LogP contribution in [0.2, 0.25) is 0 Å². The first-order valence-electron chi connectivity index (χ1n) is 10.9. The third kappa shape index (κ3) is 4.41. The summed E-state index contributed by atoms with van der Waals surface area (Å²) in [5, 5.41) is 0. The van der Waals surface area contributed by atoms with Crippen molar-refractivity contribution in [1.29, 1.82) is 0 Å². The zero-order chi connectivity index (χ0) is 22.9. The number of fused-ring (bicyclic) bond motifs is 2. The van der Waals surface area contributed by atoms with Crippen molar-refractivity contribution >= 4 is 27.8 Å². The van der Waals surface area contributed by atoms with Crippen LogP contribution in [0.15, 0.2) is 64.8 Å². The van der Waals surface area contributed by atoms with Crippen LogP contribution in [-0.2, 0) is 13.0 Å². The smallest absolute Gasteiger partial charge is 0.231 e. The molecule has 0 spiro atoms. The number of hydrogen-bond acceptors (Lipinski definition) is 5. The molecule has 0 atom stereocenters. The number of allylic oxidation sites excluding steroid dienone is 1. The van der Waals surface area contributed by atoms with Crippen molar-refractivity contribution in [3.05, 3.63) is 92.6 Å². The Balaban J connectivity index is 1.33. The number of methoxy groups -OCH3 is 1. The van der Waals surface area contributed by atoms with E-state index in [0.717, 1.165) is 52.2 Å². The fraction of sp³-hybridized carbons (Fsp3) is 0.222. The maximum atomic E-state index is 13.1. The lowest BCUT2D eigenvalue weighted by molar-refractivity contribution is 0.0954. The van der Waals surface area contributed by atoms with Gasteiger partial charge in [0.25, 0.3) is 0 Å². The third-order valence-electron chi connectivity index (χ3n) is 6.05. The Labute approximate surface area is 201 Å². The number of halogens is 1. The van der Waals surface area contributed by atoms with E-state index in [1.165, 1.54) is 5.56 Å². The highest BCUT2D eigenvalue weighted by atomic mass is 79.9. The van der Waals surface area contributed by atoms with Gasteiger partial charge in [-0.3, -0.25) is 9.69 Å². The largest absolute Gasteiger partial charge is 0.497 e. The second-order valence-corrected chi connectivity index (χ2v) is 9.20. The fourth-order valence-corrected chi connectivity index (χ4v) is 4.49. The second-order valence-electron chi connectivity index (χ2n) is 8.28. The normalized spacial score (nSPS) is 16.2. The van der Waals surface area contributed by atoms with Crippen molar-refractivity contribution in [2.75, 3.05) is 20.4 Å². The third-order valence-corrected chi connectivity index (χ3v) is 6.57. The van der Waals surface area contributed by atoms with Crippen molar-refractivity contribution in [3.8, 4) is 17.2 Å². The van der Waals surface area contributed by atoms with E-state index in [9.17, 15) is 4.79 Å². The van der Waals surface area contributed by atoms with E-state index in [0.29, 0.717) is 23.8 Å². The molecule has 0 bridgehead atoms. The van der Waals surface area contributed by atoms with Gasteiger partial charge in [-0.05, 0) is 60.9 Å². The molecule has 0 N–H and O–H groups in total. The van der Waals surface area contributed by atoms with E-state index in [1.54, 1.807) is 13.2 Å². The van der Waals surface area contributed by atoms with Crippen LogP contribution in [0.3, 0.4) is 0 Å². The molecule has 2 aliphatic heterocycles. The molecule has 0 radical (unpaired) electrons. The van der Waals surface area contributed by atoms with Gasteiger partial charge in [0, 0.05) is 28.7 Å². The van der Waals surface area contributed by atoms with E-state index in [4.69, 9.17) is 14.2 Å². The Morgan fingerprint density at radius 2 is 1.85 bits per heavy atom. The topological polar surface area (TPSA) is 48.0 Å². The van der Waals surface area contributed by atoms with Gasteiger partial charge in [-0.15, -0.1) is 0 Å². The molecule has 5 nitrogen and oxygen atoms in total. The number of hydrogen-bond donors (Lipinski definition) is 0. The van der Waals surface area contributed by atoms with Gasteiger partial charge < -0.3 is 14.2 Å². The summed E-state index contributed by atoms with van der Waals surface area (Å²) in [7, 11) is 1.67. The van der Waals surface area contributed by atoms with Crippen LogP contribution >= 0.6 is 15.9 Å². The van der Waals surface area contributed by atoms with Crippen molar-refractivity contribution in [1.82, 2.24) is 4.90 Å². The summed E-state index contributed by atoms with van der Waals surface area (Å²) >= 11 is 3.43. The summed E-state index contributed by atoms with van der Waals surface area (Å²) in [5.74, 6) is 2.54. The first-order valence-corrected chi connectivity index (χ1v) is 11.7. The van der Waals surface area contributed by atoms with E-state index >= 15 is 0 Å². The van der Waals surface area contributed by atoms with Crippen molar-refractivity contribution in [2.24, 2.45) is 0 Å². The van der Waals surface area contributed by atoms with Gasteiger partial charge in [0.2, 0.25) is 5.78 Å². The molecule has 33 heavy (non-hydrogen) atoms. The molecule has 0 unspecified atom stereocenters. The van der Waals surface area contributed by atoms with Gasteiger partial charge in [0.15, 0.2) is 5.76 Å². The number of nitrogens with zero attached hydrogens (tertiary/aromatic N) is 1. The molecule has 2 heterocycles. The zero-order valence-corrected chi connectivity index (χ0v) is 20.1. The molecule has 0 amide bonds. The Hall–Kier alpha value is -3.09. The molecule has 0 fully saturated rings.